The highest BCUT2D eigenvalue weighted by Crippen LogP contribution is 2.37. The van der Waals surface area contributed by atoms with E-state index in [1.54, 1.807) is 4.90 Å². The molecular formula is C22H29N3O5. The Morgan fingerprint density at radius 1 is 1.03 bits per heavy atom. The first-order valence-electron chi connectivity index (χ1n) is 11.0. The zero-order valence-corrected chi connectivity index (χ0v) is 17.2. The minimum Gasteiger partial charge on any atom is -0.491 e. The number of fused-ring (bicyclic) bond motifs is 1. The van der Waals surface area contributed by atoms with Gasteiger partial charge in [-0.3, -0.25) is 14.6 Å². The highest BCUT2D eigenvalue weighted by molar-refractivity contribution is 5.86. The molecule has 0 unspecified atom stereocenters. The van der Waals surface area contributed by atoms with Gasteiger partial charge in [-0.2, -0.15) is 0 Å². The van der Waals surface area contributed by atoms with Gasteiger partial charge in [0, 0.05) is 50.1 Å². The molecule has 1 saturated carbocycles. The molecule has 3 fully saturated rings. The van der Waals surface area contributed by atoms with Crippen molar-refractivity contribution >= 4 is 11.8 Å². The van der Waals surface area contributed by atoms with Crippen molar-refractivity contribution in [2.24, 2.45) is 5.92 Å². The van der Waals surface area contributed by atoms with Crippen molar-refractivity contribution in [1.29, 1.82) is 0 Å². The summed E-state index contributed by atoms with van der Waals surface area (Å²) < 4.78 is 10.5. The van der Waals surface area contributed by atoms with Crippen LogP contribution in [0, 0.1) is 5.92 Å². The predicted molar refractivity (Wildman–Crippen MR) is 107 cm³/mol. The van der Waals surface area contributed by atoms with Crippen molar-refractivity contribution in [3.8, 4) is 5.75 Å². The molecule has 1 aliphatic carbocycles. The average Bonchev–Trinajstić information content (AvgIpc) is 3.24. The van der Waals surface area contributed by atoms with Gasteiger partial charge in [0.2, 0.25) is 5.91 Å². The molecule has 0 radical (unpaired) electrons. The Hall–Kier alpha value is -2.19. The van der Waals surface area contributed by atoms with Crippen molar-refractivity contribution in [3.63, 3.8) is 0 Å². The summed E-state index contributed by atoms with van der Waals surface area (Å²) in [6, 6.07) is 4.11. The van der Waals surface area contributed by atoms with E-state index < -0.39 is 5.60 Å². The molecule has 8 nitrogen and oxygen atoms in total. The number of amides is 2. The van der Waals surface area contributed by atoms with E-state index in [-0.39, 0.29) is 30.9 Å². The second-order valence-electron chi connectivity index (χ2n) is 8.97. The van der Waals surface area contributed by atoms with Gasteiger partial charge in [0.05, 0.1) is 25.5 Å². The second kappa shape index (κ2) is 7.81. The van der Waals surface area contributed by atoms with Crippen molar-refractivity contribution in [1.82, 2.24) is 14.8 Å². The van der Waals surface area contributed by atoms with Crippen molar-refractivity contribution in [3.05, 3.63) is 23.5 Å². The van der Waals surface area contributed by atoms with Crippen LogP contribution in [0.5, 0.6) is 5.75 Å². The quantitative estimate of drug-likeness (QED) is 0.782. The van der Waals surface area contributed by atoms with Gasteiger partial charge in [-0.25, -0.2) is 0 Å². The average molecular weight is 415 g/mol. The normalized spacial score (nSPS) is 27.8. The SMILES string of the molecule is O=C(C1CCC(c2ccc3c(n2)CCO3)CC1)N1CCN(C(=O)C2(O)COC2)CC1. The molecule has 4 heterocycles. The number of rotatable bonds is 3. The number of aliphatic hydroxyl groups is 1. The summed E-state index contributed by atoms with van der Waals surface area (Å²) in [4.78, 5) is 33.8. The molecule has 3 aliphatic heterocycles. The molecule has 30 heavy (non-hydrogen) atoms. The summed E-state index contributed by atoms with van der Waals surface area (Å²) in [5, 5.41) is 10.2. The van der Waals surface area contributed by atoms with Crippen molar-refractivity contribution in [2.75, 3.05) is 46.0 Å². The second-order valence-corrected chi connectivity index (χ2v) is 8.97. The van der Waals surface area contributed by atoms with Crippen LogP contribution in [-0.2, 0) is 20.7 Å². The van der Waals surface area contributed by atoms with Crippen molar-refractivity contribution in [2.45, 2.75) is 43.6 Å². The van der Waals surface area contributed by atoms with E-state index >= 15 is 0 Å². The lowest BCUT2D eigenvalue weighted by Crippen LogP contribution is -2.64. The van der Waals surface area contributed by atoms with Crippen LogP contribution < -0.4 is 4.74 Å². The number of carbonyl (C=O) groups is 2. The van der Waals surface area contributed by atoms with Crippen LogP contribution in [0.3, 0.4) is 0 Å². The van der Waals surface area contributed by atoms with Crippen LogP contribution in [0.25, 0.3) is 0 Å². The Bertz CT molecular complexity index is 824. The molecule has 1 N–H and O–H groups in total. The molecule has 1 aromatic heterocycles. The lowest BCUT2D eigenvalue weighted by molar-refractivity contribution is -0.201. The third-order valence-electron chi connectivity index (χ3n) is 7.00. The van der Waals surface area contributed by atoms with E-state index in [0.717, 1.165) is 55.8 Å². The van der Waals surface area contributed by atoms with E-state index in [1.165, 1.54) is 0 Å². The summed E-state index contributed by atoms with van der Waals surface area (Å²) in [7, 11) is 0. The number of hydrogen-bond acceptors (Lipinski definition) is 6. The lowest BCUT2D eigenvalue weighted by Gasteiger charge is -2.42. The lowest BCUT2D eigenvalue weighted by atomic mass is 9.79. The maximum absolute atomic E-state index is 13.0. The number of piperazine rings is 1. The number of pyridine rings is 1. The molecule has 0 spiro atoms. The van der Waals surface area contributed by atoms with E-state index in [1.807, 2.05) is 11.0 Å². The van der Waals surface area contributed by atoms with Crippen LogP contribution >= 0.6 is 0 Å². The molecule has 8 heteroatoms. The van der Waals surface area contributed by atoms with E-state index in [9.17, 15) is 14.7 Å². The first kappa shape index (κ1) is 19.8. The van der Waals surface area contributed by atoms with Crippen LogP contribution in [-0.4, -0.2) is 83.3 Å². The molecule has 2 amide bonds. The Labute approximate surface area is 176 Å². The van der Waals surface area contributed by atoms with E-state index in [4.69, 9.17) is 14.5 Å². The molecule has 162 valence electrons. The fourth-order valence-electron chi connectivity index (χ4n) is 5.04. The molecule has 5 rings (SSSR count). The third-order valence-corrected chi connectivity index (χ3v) is 7.00. The summed E-state index contributed by atoms with van der Waals surface area (Å²) in [5.74, 6) is 1.33. The summed E-state index contributed by atoms with van der Waals surface area (Å²) >= 11 is 0. The maximum Gasteiger partial charge on any atom is 0.259 e. The molecule has 2 saturated heterocycles. The highest BCUT2D eigenvalue weighted by Gasteiger charge is 2.47. The number of hydrogen-bond donors (Lipinski definition) is 1. The molecule has 0 aromatic carbocycles. The molecule has 0 atom stereocenters. The van der Waals surface area contributed by atoms with Crippen LogP contribution in [0.4, 0.5) is 0 Å². The van der Waals surface area contributed by atoms with Gasteiger partial charge in [-0.05, 0) is 37.8 Å². The minimum absolute atomic E-state index is 0.0606. The van der Waals surface area contributed by atoms with Gasteiger partial charge in [-0.1, -0.05) is 0 Å². The third kappa shape index (κ3) is 3.56. The van der Waals surface area contributed by atoms with Crippen molar-refractivity contribution < 1.29 is 24.2 Å². The Morgan fingerprint density at radius 3 is 2.40 bits per heavy atom. The zero-order chi connectivity index (χ0) is 20.7. The zero-order valence-electron chi connectivity index (χ0n) is 17.2. The number of ether oxygens (including phenoxy) is 2. The summed E-state index contributed by atoms with van der Waals surface area (Å²) in [6.07, 6.45) is 4.61. The monoisotopic (exact) mass is 415 g/mol. The largest absolute Gasteiger partial charge is 0.491 e. The minimum atomic E-state index is -1.36. The van der Waals surface area contributed by atoms with Gasteiger partial charge in [0.25, 0.3) is 5.91 Å². The van der Waals surface area contributed by atoms with Gasteiger partial charge in [0.15, 0.2) is 5.60 Å². The molecule has 1 aromatic rings. The van der Waals surface area contributed by atoms with E-state index in [0.29, 0.717) is 32.1 Å². The first-order valence-corrected chi connectivity index (χ1v) is 11.0. The van der Waals surface area contributed by atoms with Gasteiger partial charge >= 0.3 is 0 Å². The van der Waals surface area contributed by atoms with Crippen LogP contribution in [0.1, 0.15) is 43.0 Å². The molecule has 4 aliphatic rings. The summed E-state index contributed by atoms with van der Waals surface area (Å²) in [5.41, 5.74) is 0.842. The maximum atomic E-state index is 13.0. The summed E-state index contributed by atoms with van der Waals surface area (Å²) in [6.45, 7) is 2.88. The fraction of sp³-hybridized carbons (Fsp3) is 0.682. The van der Waals surface area contributed by atoms with Gasteiger partial charge < -0.3 is 24.4 Å². The van der Waals surface area contributed by atoms with Crippen LogP contribution in [0.2, 0.25) is 0 Å². The van der Waals surface area contributed by atoms with Gasteiger partial charge in [-0.15, -0.1) is 0 Å². The highest BCUT2D eigenvalue weighted by atomic mass is 16.5. The van der Waals surface area contributed by atoms with E-state index in [2.05, 4.69) is 6.07 Å². The number of carbonyl (C=O) groups excluding carboxylic acids is 2. The topological polar surface area (TPSA) is 92.2 Å². The van der Waals surface area contributed by atoms with Gasteiger partial charge in [0.1, 0.15) is 5.75 Å². The first-order chi connectivity index (χ1) is 14.5. The smallest absolute Gasteiger partial charge is 0.259 e. The Balaban J connectivity index is 1.12. The number of nitrogens with zero attached hydrogens (tertiary/aromatic N) is 3. The predicted octanol–water partition coefficient (Wildman–Crippen LogP) is 0.722. The standard InChI is InChI=1S/C22H29N3O5/c26-20(24-8-10-25(11-9-24)21(27)22(28)13-29-14-22)16-3-1-15(2-4-16)17-5-6-19-18(23-17)7-12-30-19/h5-6,15-16,28H,1-4,7-14H2. The Morgan fingerprint density at radius 2 is 1.73 bits per heavy atom. The Kier molecular flexibility index (Phi) is 5.14. The van der Waals surface area contributed by atoms with Crippen LogP contribution in [0.15, 0.2) is 12.1 Å². The fourth-order valence-corrected chi connectivity index (χ4v) is 5.04. The molecular weight excluding hydrogens is 386 g/mol. The number of aromatic nitrogens is 1. The molecule has 0 bridgehead atoms.